The van der Waals surface area contributed by atoms with E-state index in [9.17, 15) is 5.11 Å². The highest BCUT2D eigenvalue weighted by molar-refractivity contribution is 4.93. The van der Waals surface area contributed by atoms with Crippen molar-refractivity contribution in [2.45, 2.75) is 50.7 Å². The third kappa shape index (κ3) is 2.67. The molecule has 0 aromatic heterocycles. The summed E-state index contributed by atoms with van der Waals surface area (Å²) in [6, 6.07) is 0. The van der Waals surface area contributed by atoms with E-state index in [1.165, 1.54) is 45.2 Å². The van der Waals surface area contributed by atoms with Gasteiger partial charge in [-0.05, 0) is 51.0 Å². The molecule has 1 N–H and O–H groups in total. The lowest BCUT2D eigenvalue weighted by Crippen LogP contribution is -2.26. The molecule has 2 saturated heterocycles. The molecule has 0 amide bonds. The third-order valence-electron chi connectivity index (χ3n) is 4.92. The lowest BCUT2D eigenvalue weighted by molar-refractivity contribution is 0.0977. The molecule has 4 atom stereocenters. The molecule has 0 bridgehead atoms. The van der Waals surface area contributed by atoms with Crippen molar-refractivity contribution in [2.75, 3.05) is 26.2 Å². The highest BCUT2D eigenvalue weighted by Gasteiger charge is 2.41. The fraction of sp³-hybridized carbons (Fsp3) is 1.00. The van der Waals surface area contributed by atoms with Crippen LogP contribution >= 0.6 is 0 Å². The van der Waals surface area contributed by atoms with Gasteiger partial charge in [-0.3, -0.25) is 0 Å². The number of hydrogen-bond donors (Lipinski definition) is 1. The molecule has 98 valence electrons. The van der Waals surface area contributed by atoms with Gasteiger partial charge in [0.2, 0.25) is 0 Å². The first-order valence-electron chi connectivity index (χ1n) is 7.35. The van der Waals surface area contributed by atoms with E-state index in [-0.39, 0.29) is 6.10 Å². The van der Waals surface area contributed by atoms with Crippen LogP contribution < -0.4 is 0 Å². The number of aliphatic hydroxyl groups is 1. The second-order valence-corrected chi connectivity index (χ2v) is 6.11. The van der Waals surface area contributed by atoms with Gasteiger partial charge in [-0.15, -0.1) is 0 Å². The largest absolute Gasteiger partial charge is 0.393 e. The third-order valence-corrected chi connectivity index (χ3v) is 4.92. The van der Waals surface area contributed by atoms with Crippen molar-refractivity contribution in [1.82, 2.24) is 4.90 Å². The Morgan fingerprint density at radius 1 is 1.18 bits per heavy atom. The fourth-order valence-electron chi connectivity index (χ4n) is 3.93. The number of nitrogens with zero attached hydrogens (tertiary/aromatic N) is 1. The minimum absolute atomic E-state index is 0.0110. The second-order valence-electron chi connectivity index (χ2n) is 6.11. The van der Waals surface area contributed by atoms with Crippen LogP contribution in [0.4, 0.5) is 0 Å². The summed E-state index contributed by atoms with van der Waals surface area (Å²) in [5.41, 5.74) is 0. The van der Waals surface area contributed by atoms with Gasteiger partial charge in [0.1, 0.15) is 0 Å². The molecular weight excluding hydrogens is 214 g/mol. The average Bonchev–Trinajstić information content (AvgIpc) is 2.99. The van der Waals surface area contributed by atoms with Crippen LogP contribution in [0.25, 0.3) is 0 Å². The van der Waals surface area contributed by atoms with Crippen LogP contribution in [0.2, 0.25) is 0 Å². The lowest BCUT2D eigenvalue weighted by Gasteiger charge is -2.18. The summed E-state index contributed by atoms with van der Waals surface area (Å²) in [6.07, 6.45) is 7.84. The van der Waals surface area contributed by atoms with E-state index in [1.54, 1.807) is 0 Å². The Balaban J connectivity index is 1.36. The molecular formula is C14H25NO2. The first-order valence-corrected chi connectivity index (χ1v) is 7.35. The van der Waals surface area contributed by atoms with Crippen molar-refractivity contribution in [3.8, 4) is 0 Å². The molecule has 3 aliphatic rings. The first kappa shape index (κ1) is 11.9. The molecule has 2 heterocycles. The zero-order chi connectivity index (χ0) is 11.7. The highest BCUT2D eigenvalue weighted by atomic mass is 16.5. The van der Waals surface area contributed by atoms with Gasteiger partial charge in [-0.2, -0.15) is 0 Å². The maximum Gasteiger partial charge on any atom is 0.0583 e. The number of hydrogen-bond acceptors (Lipinski definition) is 3. The van der Waals surface area contributed by atoms with Crippen molar-refractivity contribution < 1.29 is 9.84 Å². The van der Waals surface area contributed by atoms with E-state index in [4.69, 9.17) is 4.74 Å². The van der Waals surface area contributed by atoms with E-state index in [2.05, 4.69) is 4.90 Å². The Morgan fingerprint density at radius 3 is 2.88 bits per heavy atom. The predicted molar refractivity (Wildman–Crippen MR) is 66.9 cm³/mol. The molecule has 3 fully saturated rings. The Kier molecular flexibility index (Phi) is 3.69. The van der Waals surface area contributed by atoms with E-state index in [0.717, 1.165) is 25.5 Å². The number of fused-ring (bicyclic) bond motifs is 1. The van der Waals surface area contributed by atoms with Crippen molar-refractivity contribution >= 4 is 0 Å². The summed E-state index contributed by atoms with van der Waals surface area (Å²) in [7, 11) is 0. The van der Waals surface area contributed by atoms with E-state index < -0.39 is 0 Å². The normalized spacial score (nSPS) is 42.2. The van der Waals surface area contributed by atoms with Crippen LogP contribution in [0.15, 0.2) is 0 Å². The van der Waals surface area contributed by atoms with Gasteiger partial charge in [0.25, 0.3) is 0 Å². The Bertz CT molecular complexity index is 253. The monoisotopic (exact) mass is 239 g/mol. The van der Waals surface area contributed by atoms with E-state index >= 15 is 0 Å². The number of likely N-dealkylation sites (tertiary alicyclic amines) is 1. The Morgan fingerprint density at radius 2 is 2.12 bits per heavy atom. The summed E-state index contributed by atoms with van der Waals surface area (Å²) >= 11 is 0. The Labute approximate surface area is 104 Å². The van der Waals surface area contributed by atoms with Crippen LogP contribution in [0.3, 0.4) is 0 Å². The minimum atomic E-state index is -0.0110. The molecule has 0 aromatic carbocycles. The smallest absolute Gasteiger partial charge is 0.0583 e. The van der Waals surface area contributed by atoms with E-state index in [1.807, 2.05) is 0 Å². The summed E-state index contributed by atoms with van der Waals surface area (Å²) < 4.78 is 5.65. The van der Waals surface area contributed by atoms with Crippen LogP contribution in [0.1, 0.15) is 38.5 Å². The zero-order valence-corrected chi connectivity index (χ0v) is 10.7. The fourth-order valence-corrected chi connectivity index (χ4v) is 3.93. The van der Waals surface area contributed by atoms with Gasteiger partial charge >= 0.3 is 0 Å². The van der Waals surface area contributed by atoms with Gasteiger partial charge in [-0.1, -0.05) is 0 Å². The van der Waals surface area contributed by atoms with Crippen LogP contribution in [0.5, 0.6) is 0 Å². The number of aliphatic hydroxyl groups excluding tert-OH is 1. The maximum atomic E-state index is 9.87. The van der Waals surface area contributed by atoms with Crippen LogP contribution in [-0.4, -0.2) is 48.5 Å². The summed E-state index contributed by atoms with van der Waals surface area (Å²) in [6.45, 7) is 4.55. The quantitative estimate of drug-likeness (QED) is 0.809. The van der Waals surface area contributed by atoms with Crippen LogP contribution in [0, 0.1) is 11.8 Å². The van der Waals surface area contributed by atoms with Gasteiger partial charge in [0, 0.05) is 25.6 Å². The minimum Gasteiger partial charge on any atom is -0.393 e. The molecule has 2 aliphatic heterocycles. The van der Waals surface area contributed by atoms with Gasteiger partial charge < -0.3 is 14.7 Å². The van der Waals surface area contributed by atoms with Gasteiger partial charge in [-0.25, -0.2) is 0 Å². The van der Waals surface area contributed by atoms with E-state index in [0.29, 0.717) is 12.0 Å². The van der Waals surface area contributed by atoms with Gasteiger partial charge in [0.05, 0.1) is 12.2 Å². The summed E-state index contributed by atoms with van der Waals surface area (Å²) in [4.78, 5) is 2.56. The van der Waals surface area contributed by atoms with Crippen molar-refractivity contribution in [3.63, 3.8) is 0 Å². The molecule has 3 heteroatoms. The van der Waals surface area contributed by atoms with Crippen molar-refractivity contribution in [3.05, 3.63) is 0 Å². The summed E-state index contributed by atoms with van der Waals surface area (Å²) in [5, 5.41) is 9.87. The molecule has 3 nitrogen and oxygen atoms in total. The predicted octanol–water partition coefficient (Wildman–Crippen LogP) is 1.65. The molecule has 0 spiro atoms. The zero-order valence-electron chi connectivity index (χ0n) is 10.7. The molecule has 3 rings (SSSR count). The van der Waals surface area contributed by atoms with Crippen molar-refractivity contribution in [2.24, 2.45) is 11.8 Å². The topological polar surface area (TPSA) is 32.7 Å². The molecule has 1 saturated carbocycles. The standard InChI is InChI=1S/C14H25NO2/c16-14-6-5-11-9-15(10-13(11)14)7-1-3-12-4-2-8-17-12/h11-14,16H,1-10H2. The average molecular weight is 239 g/mol. The number of rotatable bonds is 4. The molecule has 1 aliphatic carbocycles. The molecule has 0 radical (unpaired) electrons. The maximum absolute atomic E-state index is 9.87. The van der Waals surface area contributed by atoms with Crippen LogP contribution in [-0.2, 0) is 4.74 Å². The SMILES string of the molecule is OC1CCC2CN(CCCC3CCCO3)CC12. The lowest BCUT2D eigenvalue weighted by atomic mass is 10.00. The first-order chi connectivity index (χ1) is 8.33. The highest BCUT2D eigenvalue weighted by Crippen LogP contribution is 2.38. The van der Waals surface area contributed by atoms with Crippen molar-refractivity contribution in [1.29, 1.82) is 0 Å². The molecule has 17 heavy (non-hydrogen) atoms. The second kappa shape index (κ2) is 5.25. The molecule has 4 unspecified atom stereocenters. The molecule has 0 aromatic rings. The summed E-state index contributed by atoms with van der Waals surface area (Å²) in [5.74, 6) is 1.37. The number of ether oxygens (including phenoxy) is 1. The van der Waals surface area contributed by atoms with Gasteiger partial charge in [0.15, 0.2) is 0 Å². The Hall–Kier alpha value is -0.120.